The molecule has 18 heavy (non-hydrogen) atoms. The first-order valence-corrected chi connectivity index (χ1v) is 6.18. The van der Waals surface area contributed by atoms with Crippen LogP contribution in [-0.4, -0.2) is 10.1 Å². The van der Waals surface area contributed by atoms with Gasteiger partial charge in [-0.3, -0.25) is 4.98 Å². The molecule has 0 saturated carbocycles. The smallest absolute Gasteiger partial charge is 0.121 e. The fourth-order valence-corrected chi connectivity index (χ4v) is 1.87. The monoisotopic (exact) mass is 241 g/mol. The lowest BCUT2D eigenvalue weighted by Gasteiger charge is -2.20. The second-order valence-corrected chi connectivity index (χ2v) is 5.53. The molecule has 0 aliphatic heterocycles. The number of aromatic nitrogens is 1. The number of hydrogen-bond donors (Lipinski definition) is 1. The van der Waals surface area contributed by atoms with Crippen molar-refractivity contribution in [3.63, 3.8) is 0 Å². The molecule has 2 aromatic rings. The molecular weight excluding hydrogens is 222 g/mol. The van der Waals surface area contributed by atoms with Gasteiger partial charge in [-0.05, 0) is 28.7 Å². The number of aliphatic hydroxyl groups excluding tert-OH is 1. The summed E-state index contributed by atoms with van der Waals surface area (Å²) in [6, 6.07) is 13.7. The van der Waals surface area contributed by atoms with E-state index in [4.69, 9.17) is 0 Å². The third-order valence-electron chi connectivity index (χ3n) is 3.06. The molecule has 2 rings (SSSR count). The maximum Gasteiger partial charge on any atom is 0.121 e. The molecule has 0 saturated heterocycles. The van der Waals surface area contributed by atoms with Crippen molar-refractivity contribution < 1.29 is 5.11 Å². The summed E-state index contributed by atoms with van der Waals surface area (Å²) in [5.74, 6) is 0. The zero-order valence-corrected chi connectivity index (χ0v) is 11.1. The summed E-state index contributed by atoms with van der Waals surface area (Å²) in [6.07, 6.45) is 1.04. The SMILES string of the molecule is CC(C)(C)c1ccc(C(O)c2ccccn2)cc1. The zero-order valence-electron chi connectivity index (χ0n) is 11.1. The maximum absolute atomic E-state index is 10.2. The van der Waals surface area contributed by atoms with E-state index in [9.17, 15) is 5.11 Å². The fraction of sp³-hybridized carbons (Fsp3) is 0.312. The van der Waals surface area contributed by atoms with E-state index in [-0.39, 0.29) is 5.41 Å². The van der Waals surface area contributed by atoms with Crippen molar-refractivity contribution in [3.05, 3.63) is 65.5 Å². The summed E-state index contributed by atoms with van der Waals surface area (Å²) in [5, 5.41) is 10.2. The molecule has 0 spiro atoms. The number of benzene rings is 1. The van der Waals surface area contributed by atoms with Gasteiger partial charge in [-0.15, -0.1) is 0 Å². The summed E-state index contributed by atoms with van der Waals surface area (Å²) >= 11 is 0. The van der Waals surface area contributed by atoms with Crippen LogP contribution in [0, 0.1) is 0 Å². The largest absolute Gasteiger partial charge is 0.382 e. The molecule has 0 aliphatic carbocycles. The molecule has 1 N–H and O–H groups in total. The first-order valence-electron chi connectivity index (χ1n) is 6.18. The zero-order chi connectivity index (χ0) is 13.2. The molecular formula is C16H19NO. The van der Waals surface area contributed by atoms with Crippen LogP contribution in [0.4, 0.5) is 0 Å². The van der Waals surface area contributed by atoms with Crippen LogP contribution in [0.15, 0.2) is 48.7 Å². The summed E-state index contributed by atoms with van der Waals surface area (Å²) in [6.45, 7) is 6.53. The van der Waals surface area contributed by atoms with Gasteiger partial charge in [0.25, 0.3) is 0 Å². The fourth-order valence-electron chi connectivity index (χ4n) is 1.87. The molecule has 0 amide bonds. The van der Waals surface area contributed by atoms with Gasteiger partial charge in [-0.2, -0.15) is 0 Å². The van der Waals surface area contributed by atoms with E-state index in [0.717, 1.165) is 5.56 Å². The van der Waals surface area contributed by atoms with E-state index < -0.39 is 6.10 Å². The maximum atomic E-state index is 10.2. The first kappa shape index (κ1) is 12.8. The highest BCUT2D eigenvalue weighted by atomic mass is 16.3. The van der Waals surface area contributed by atoms with Gasteiger partial charge in [0, 0.05) is 6.20 Å². The van der Waals surface area contributed by atoms with Gasteiger partial charge in [0.15, 0.2) is 0 Å². The highest BCUT2D eigenvalue weighted by Crippen LogP contribution is 2.25. The highest BCUT2D eigenvalue weighted by Gasteiger charge is 2.15. The molecule has 1 unspecified atom stereocenters. The van der Waals surface area contributed by atoms with E-state index in [0.29, 0.717) is 5.69 Å². The van der Waals surface area contributed by atoms with Crippen molar-refractivity contribution in [2.24, 2.45) is 0 Å². The normalized spacial score (nSPS) is 13.3. The third-order valence-corrected chi connectivity index (χ3v) is 3.06. The summed E-state index contributed by atoms with van der Waals surface area (Å²) in [4.78, 5) is 4.18. The topological polar surface area (TPSA) is 33.1 Å². The van der Waals surface area contributed by atoms with Crippen LogP contribution in [-0.2, 0) is 5.41 Å². The Labute approximate surface area is 108 Å². The molecule has 0 radical (unpaired) electrons. The van der Waals surface area contributed by atoms with E-state index >= 15 is 0 Å². The van der Waals surface area contributed by atoms with Crippen molar-refractivity contribution >= 4 is 0 Å². The second kappa shape index (κ2) is 4.91. The first-order chi connectivity index (χ1) is 8.48. The number of rotatable bonds is 2. The molecule has 0 aliphatic rings. The van der Waals surface area contributed by atoms with E-state index in [1.54, 1.807) is 6.20 Å². The van der Waals surface area contributed by atoms with Crippen molar-refractivity contribution in [2.45, 2.75) is 32.3 Å². The van der Waals surface area contributed by atoms with Gasteiger partial charge in [-0.1, -0.05) is 51.1 Å². The van der Waals surface area contributed by atoms with E-state index in [2.05, 4.69) is 37.9 Å². The molecule has 0 bridgehead atoms. The Morgan fingerprint density at radius 3 is 2.17 bits per heavy atom. The number of nitrogens with zero attached hydrogens (tertiary/aromatic N) is 1. The van der Waals surface area contributed by atoms with E-state index in [1.807, 2.05) is 30.3 Å². The van der Waals surface area contributed by atoms with Crippen LogP contribution >= 0.6 is 0 Å². The number of hydrogen-bond acceptors (Lipinski definition) is 2. The quantitative estimate of drug-likeness (QED) is 0.873. The van der Waals surface area contributed by atoms with E-state index in [1.165, 1.54) is 5.56 Å². The molecule has 1 aromatic carbocycles. The van der Waals surface area contributed by atoms with Crippen LogP contribution in [0.3, 0.4) is 0 Å². The lowest BCUT2D eigenvalue weighted by Crippen LogP contribution is -2.11. The van der Waals surface area contributed by atoms with Crippen molar-refractivity contribution in [1.29, 1.82) is 0 Å². The number of pyridine rings is 1. The second-order valence-electron chi connectivity index (χ2n) is 5.53. The van der Waals surface area contributed by atoms with Crippen LogP contribution in [0.1, 0.15) is 43.7 Å². The van der Waals surface area contributed by atoms with Gasteiger partial charge in [0.1, 0.15) is 6.10 Å². The van der Waals surface area contributed by atoms with Crippen molar-refractivity contribution in [3.8, 4) is 0 Å². The molecule has 0 fully saturated rings. The molecule has 1 aromatic heterocycles. The van der Waals surface area contributed by atoms with Gasteiger partial charge < -0.3 is 5.11 Å². The lowest BCUT2D eigenvalue weighted by molar-refractivity contribution is 0.215. The van der Waals surface area contributed by atoms with Gasteiger partial charge in [-0.25, -0.2) is 0 Å². The molecule has 1 heterocycles. The molecule has 2 nitrogen and oxygen atoms in total. The Hall–Kier alpha value is -1.67. The number of aliphatic hydroxyl groups is 1. The average Bonchev–Trinajstić information content (AvgIpc) is 2.38. The lowest BCUT2D eigenvalue weighted by atomic mass is 9.86. The standard InChI is InChI=1S/C16H19NO/c1-16(2,3)13-9-7-12(8-10-13)15(18)14-6-4-5-11-17-14/h4-11,15,18H,1-3H3. The summed E-state index contributed by atoms with van der Waals surface area (Å²) in [7, 11) is 0. The van der Waals surface area contributed by atoms with Crippen LogP contribution in [0.2, 0.25) is 0 Å². The Kier molecular flexibility index (Phi) is 3.48. The Morgan fingerprint density at radius 1 is 1.00 bits per heavy atom. The Balaban J connectivity index is 2.25. The van der Waals surface area contributed by atoms with Crippen LogP contribution in [0.25, 0.3) is 0 Å². The summed E-state index contributed by atoms with van der Waals surface area (Å²) in [5.41, 5.74) is 2.95. The Bertz CT molecular complexity index is 497. The van der Waals surface area contributed by atoms with Gasteiger partial charge in [0.05, 0.1) is 5.69 Å². The molecule has 1 atom stereocenters. The van der Waals surface area contributed by atoms with Crippen molar-refractivity contribution in [1.82, 2.24) is 4.98 Å². The molecule has 94 valence electrons. The minimum atomic E-state index is -0.653. The average molecular weight is 241 g/mol. The van der Waals surface area contributed by atoms with Crippen LogP contribution < -0.4 is 0 Å². The highest BCUT2D eigenvalue weighted by molar-refractivity contribution is 5.31. The predicted octanol–water partition coefficient (Wildman–Crippen LogP) is 3.46. The van der Waals surface area contributed by atoms with Gasteiger partial charge >= 0.3 is 0 Å². The van der Waals surface area contributed by atoms with Gasteiger partial charge in [0.2, 0.25) is 0 Å². The minimum Gasteiger partial charge on any atom is -0.382 e. The van der Waals surface area contributed by atoms with Crippen molar-refractivity contribution in [2.75, 3.05) is 0 Å². The Morgan fingerprint density at radius 2 is 1.67 bits per heavy atom. The molecule has 2 heteroatoms. The predicted molar refractivity (Wildman–Crippen MR) is 73.4 cm³/mol. The minimum absolute atomic E-state index is 0.133. The van der Waals surface area contributed by atoms with Crippen LogP contribution in [0.5, 0.6) is 0 Å². The summed E-state index contributed by atoms with van der Waals surface area (Å²) < 4.78 is 0. The third kappa shape index (κ3) is 2.77.